The van der Waals surface area contributed by atoms with Gasteiger partial charge in [-0.3, -0.25) is 0 Å². The van der Waals surface area contributed by atoms with Crippen LogP contribution in [0, 0.1) is 5.92 Å². The lowest BCUT2D eigenvalue weighted by molar-refractivity contribution is 0.222. The first kappa shape index (κ1) is 14.3. The molecule has 2 N–H and O–H groups in total. The van der Waals surface area contributed by atoms with Crippen LogP contribution in [-0.4, -0.2) is 43.6 Å². The minimum absolute atomic E-state index is 0.0680. The van der Waals surface area contributed by atoms with Crippen molar-refractivity contribution in [2.24, 2.45) is 11.7 Å². The highest BCUT2D eigenvalue weighted by Crippen LogP contribution is 2.21. The molecule has 2 heterocycles. The Morgan fingerprint density at radius 3 is 2.79 bits per heavy atom. The Hall–Kier alpha value is -1.13. The maximum absolute atomic E-state index is 5.93. The molecule has 1 aliphatic heterocycles. The van der Waals surface area contributed by atoms with Gasteiger partial charge in [-0.05, 0) is 63.5 Å². The van der Waals surface area contributed by atoms with Crippen LogP contribution in [-0.2, 0) is 0 Å². The molecular weight excluding hydrogens is 236 g/mol. The van der Waals surface area contributed by atoms with E-state index in [2.05, 4.69) is 34.9 Å². The second-order valence-electron chi connectivity index (χ2n) is 5.86. The topological polar surface area (TPSA) is 45.4 Å². The van der Waals surface area contributed by atoms with Crippen LogP contribution in [0.15, 0.2) is 18.3 Å². The SMILES string of the molecule is C[C@H](N)c1ccnc(N(C)CC2CCN(C)CC2)c1. The van der Waals surface area contributed by atoms with Gasteiger partial charge in [0.2, 0.25) is 0 Å². The standard InChI is InChI=1S/C15H26N4/c1-12(16)14-4-7-17-15(10-14)19(3)11-13-5-8-18(2)9-6-13/h4,7,10,12-13H,5-6,8-9,11,16H2,1-3H3/t12-/m0/s1. The predicted octanol–water partition coefficient (Wildman–Crippen LogP) is 1.88. The maximum Gasteiger partial charge on any atom is 0.128 e. The highest BCUT2D eigenvalue weighted by Gasteiger charge is 2.18. The van der Waals surface area contributed by atoms with Crippen LogP contribution in [0.25, 0.3) is 0 Å². The first-order chi connectivity index (χ1) is 9.06. The van der Waals surface area contributed by atoms with E-state index in [4.69, 9.17) is 5.73 Å². The zero-order chi connectivity index (χ0) is 13.8. The Labute approximate surface area is 116 Å². The van der Waals surface area contributed by atoms with Crippen molar-refractivity contribution in [1.82, 2.24) is 9.88 Å². The van der Waals surface area contributed by atoms with Gasteiger partial charge in [0.05, 0.1) is 0 Å². The summed E-state index contributed by atoms with van der Waals surface area (Å²) in [4.78, 5) is 9.14. The number of rotatable bonds is 4. The van der Waals surface area contributed by atoms with E-state index in [0.717, 1.165) is 23.8 Å². The second kappa shape index (κ2) is 6.35. The maximum atomic E-state index is 5.93. The molecule has 0 saturated carbocycles. The van der Waals surface area contributed by atoms with Gasteiger partial charge < -0.3 is 15.5 Å². The molecule has 4 heteroatoms. The molecule has 0 bridgehead atoms. The number of nitrogens with two attached hydrogens (primary N) is 1. The van der Waals surface area contributed by atoms with Gasteiger partial charge in [0, 0.05) is 25.8 Å². The van der Waals surface area contributed by atoms with E-state index in [9.17, 15) is 0 Å². The van der Waals surface area contributed by atoms with Crippen molar-refractivity contribution in [1.29, 1.82) is 0 Å². The van der Waals surface area contributed by atoms with E-state index in [-0.39, 0.29) is 6.04 Å². The van der Waals surface area contributed by atoms with E-state index in [1.165, 1.54) is 25.9 Å². The molecule has 0 unspecified atom stereocenters. The first-order valence-corrected chi connectivity index (χ1v) is 7.17. The Bertz CT molecular complexity index is 397. The molecule has 0 aliphatic carbocycles. The van der Waals surface area contributed by atoms with Crippen LogP contribution < -0.4 is 10.6 Å². The monoisotopic (exact) mass is 262 g/mol. The highest BCUT2D eigenvalue weighted by molar-refractivity contribution is 5.40. The fourth-order valence-corrected chi connectivity index (χ4v) is 2.65. The molecule has 1 aromatic rings. The quantitative estimate of drug-likeness (QED) is 0.900. The number of hydrogen-bond acceptors (Lipinski definition) is 4. The predicted molar refractivity (Wildman–Crippen MR) is 80.3 cm³/mol. The Kier molecular flexibility index (Phi) is 4.77. The third kappa shape index (κ3) is 3.91. The summed E-state index contributed by atoms with van der Waals surface area (Å²) in [6.07, 6.45) is 4.43. The van der Waals surface area contributed by atoms with Crippen LogP contribution in [0.1, 0.15) is 31.4 Å². The summed E-state index contributed by atoms with van der Waals surface area (Å²) in [5, 5.41) is 0. The molecule has 106 valence electrons. The van der Waals surface area contributed by atoms with Gasteiger partial charge in [0.1, 0.15) is 5.82 Å². The summed E-state index contributed by atoms with van der Waals surface area (Å²) < 4.78 is 0. The largest absolute Gasteiger partial charge is 0.359 e. The molecule has 1 atom stereocenters. The lowest BCUT2D eigenvalue weighted by atomic mass is 9.96. The third-order valence-corrected chi connectivity index (χ3v) is 4.06. The average molecular weight is 262 g/mol. The summed E-state index contributed by atoms with van der Waals surface area (Å²) in [5.74, 6) is 1.82. The molecule has 0 aromatic carbocycles. The lowest BCUT2D eigenvalue weighted by Gasteiger charge is -2.32. The van der Waals surface area contributed by atoms with Gasteiger partial charge in [0.25, 0.3) is 0 Å². The third-order valence-electron chi connectivity index (χ3n) is 4.06. The normalized spacial score (nSPS) is 19.4. The van der Waals surface area contributed by atoms with Crippen LogP contribution in [0.2, 0.25) is 0 Å². The fourth-order valence-electron chi connectivity index (χ4n) is 2.65. The van der Waals surface area contributed by atoms with Gasteiger partial charge >= 0.3 is 0 Å². The smallest absolute Gasteiger partial charge is 0.128 e. The van der Waals surface area contributed by atoms with E-state index < -0.39 is 0 Å². The van der Waals surface area contributed by atoms with Crippen molar-refractivity contribution in [3.63, 3.8) is 0 Å². The molecule has 0 spiro atoms. The number of piperidine rings is 1. The summed E-state index contributed by atoms with van der Waals surface area (Å²) in [5.41, 5.74) is 7.08. The van der Waals surface area contributed by atoms with Gasteiger partial charge in [-0.1, -0.05) is 0 Å². The lowest BCUT2D eigenvalue weighted by Crippen LogP contribution is -2.36. The molecule has 1 saturated heterocycles. The minimum Gasteiger partial charge on any atom is -0.359 e. The molecule has 0 amide bonds. The minimum atomic E-state index is 0.0680. The van der Waals surface area contributed by atoms with Crippen molar-refractivity contribution >= 4 is 5.82 Å². The van der Waals surface area contributed by atoms with Gasteiger partial charge in [0.15, 0.2) is 0 Å². The van der Waals surface area contributed by atoms with Crippen molar-refractivity contribution in [3.05, 3.63) is 23.9 Å². The van der Waals surface area contributed by atoms with E-state index >= 15 is 0 Å². The number of likely N-dealkylation sites (tertiary alicyclic amines) is 1. The van der Waals surface area contributed by atoms with E-state index in [0.29, 0.717) is 0 Å². The van der Waals surface area contributed by atoms with Crippen LogP contribution in [0.4, 0.5) is 5.82 Å². The van der Waals surface area contributed by atoms with Crippen LogP contribution in [0.5, 0.6) is 0 Å². The number of anilines is 1. The summed E-state index contributed by atoms with van der Waals surface area (Å²) in [7, 11) is 4.33. The summed E-state index contributed by atoms with van der Waals surface area (Å²) in [6, 6.07) is 4.18. The van der Waals surface area contributed by atoms with Crippen molar-refractivity contribution in [2.75, 3.05) is 38.6 Å². The molecule has 0 radical (unpaired) electrons. The number of hydrogen-bond donors (Lipinski definition) is 1. The first-order valence-electron chi connectivity index (χ1n) is 7.17. The van der Waals surface area contributed by atoms with Crippen molar-refractivity contribution in [2.45, 2.75) is 25.8 Å². The Morgan fingerprint density at radius 2 is 2.16 bits per heavy atom. The Balaban J connectivity index is 1.95. The number of aromatic nitrogens is 1. The molecule has 1 aliphatic rings. The zero-order valence-electron chi connectivity index (χ0n) is 12.3. The average Bonchev–Trinajstić information content (AvgIpc) is 2.41. The molecular formula is C15H26N4. The summed E-state index contributed by atoms with van der Waals surface area (Å²) in [6.45, 7) is 5.52. The van der Waals surface area contributed by atoms with E-state index in [1.54, 1.807) is 0 Å². The summed E-state index contributed by atoms with van der Waals surface area (Å²) >= 11 is 0. The molecule has 4 nitrogen and oxygen atoms in total. The van der Waals surface area contributed by atoms with Crippen LogP contribution in [0.3, 0.4) is 0 Å². The fraction of sp³-hybridized carbons (Fsp3) is 0.667. The molecule has 19 heavy (non-hydrogen) atoms. The number of nitrogens with zero attached hydrogens (tertiary/aromatic N) is 3. The van der Waals surface area contributed by atoms with Gasteiger partial charge in [-0.2, -0.15) is 0 Å². The van der Waals surface area contributed by atoms with Crippen LogP contribution >= 0.6 is 0 Å². The zero-order valence-corrected chi connectivity index (χ0v) is 12.3. The highest BCUT2D eigenvalue weighted by atomic mass is 15.2. The molecule has 1 fully saturated rings. The van der Waals surface area contributed by atoms with E-state index in [1.807, 2.05) is 19.2 Å². The second-order valence-corrected chi connectivity index (χ2v) is 5.86. The molecule has 2 rings (SSSR count). The molecule has 1 aromatic heterocycles. The van der Waals surface area contributed by atoms with Crippen molar-refractivity contribution in [3.8, 4) is 0 Å². The van der Waals surface area contributed by atoms with Crippen molar-refractivity contribution < 1.29 is 0 Å². The number of pyridine rings is 1. The van der Waals surface area contributed by atoms with Gasteiger partial charge in [-0.25, -0.2) is 4.98 Å². The van der Waals surface area contributed by atoms with Gasteiger partial charge in [-0.15, -0.1) is 0 Å². The Morgan fingerprint density at radius 1 is 1.47 bits per heavy atom.